The molecule has 0 aliphatic heterocycles. The molecule has 1 aromatic rings. The molecule has 4 N–H and O–H groups in total. The van der Waals surface area contributed by atoms with Crippen LogP contribution in [-0.4, -0.2) is 20.7 Å². The molecule has 1 atom stereocenters. The van der Waals surface area contributed by atoms with E-state index in [0.29, 0.717) is 6.42 Å². The summed E-state index contributed by atoms with van der Waals surface area (Å²) >= 11 is 0. The molecule has 0 aromatic heterocycles. The van der Waals surface area contributed by atoms with E-state index in [0.717, 1.165) is 24.8 Å². The van der Waals surface area contributed by atoms with Crippen molar-refractivity contribution in [2.75, 3.05) is 0 Å². The highest BCUT2D eigenvalue weighted by atomic mass is 31.2. The van der Waals surface area contributed by atoms with Crippen molar-refractivity contribution >= 4 is 13.5 Å². The molecule has 6 nitrogen and oxygen atoms in total. The first-order valence-electron chi connectivity index (χ1n) is 7.39. The van der Waals surface area contributed by atoms with Crippen molar-refractivity contribution in [3.05, 3.63) is 53.8 Å². The number of carbonyl (C=O) groups excluding carboxylic acids is 1. The molecule has 0 saturated heterocycles. The van der Waals surface area contributed by atoms with Gasteiger partial charge in [0.1, 0.15) is 5.75 Å². The van der Waals surface area contributed by atoms with Gasteiger partial charge in [-0.15, -0.1) is 0 Å². The van der Waals surface area contributed by atoms with Crippen LogP contribution in [0.4, 0.5) is 0 Å². The molecule has 0 saturated carbocycles. The van der Waals surface area contributed by atoms with Crippen molar-refractivity contribution in [1.82, 2.24) is 5.09 Å². The SMILES string of the molecule is O=C1C=CC=C(NP(=O)(O)O)C1CCCCc1ccc(O)cc1. The summed E-state index contributed by atoms with van der Waals surface area (Å²) < 4.78 is 11.1. The second-order valence-electron chi connectivity index (χ2n) is 5.50. The third-order valence-electron chi connectivity index (χ3n) is 3.67. The van der Waals surface area contributed by atoms with Crippen molar-refractivity contribution < 1.29 is 24.3 Å². The first-order valence-corrected chi connectivity index (χ1v) is 9.00. The molecule has 1 aromatic carbocycles. The van der Waals surface area contributed by atoms with Gasteiger partial charge in [0.15, 0.2) is 5.78 Å². The lowest BCUT2D eigenvalue weighted by atomic mass is 9.90. The van der Waals surface area contributed by atoms with Crippen LogP contribution in [0, 0.1) is 5.92 Å². The molecular formula is C16H20NO5P. The first kappa shape index (κ1) is 17.5. The third-order valence-corrected chi connectivity index (χ3v) is 4.22. The number of unbranched alkanes of at least 4 members (excludes halogenated alkanes) is 1. The van der Waals surface area contributed by atoms with Crippen LogP contribution >= 0.6 is 7.75 Å². The van der Waals surface area contributed by atoms with Gasteiger partial charge in [-0.05, 0) is 49.1 Å². The number of hydrogen-bond donors (Lipinski definition) is 4. The Kier molecular flexibility index (Phi) is 5.77. The molecule has 2 rings (SSSR count). The van der Waals surface area contributed by atoms with Crippen LogP contribution in [0.25, 0.3) is 0 Å². The Balaban J connectivity index is 1.86. The maximum absolute atomic E-state index is 11.9. The number of carbonyl (C=O) groups is 1. The minimum absolute atomic E-state index is 0.145. The summed E-state index contributed by atoms with van der Waals surface area (Å²) in [6, 6.07) is 6.97. The molecule has 1 unspecified atom stereocenters. The zero-order valence-corrected chi connectivity index (χ0v) is 13.4. The van der Waals surface area contributed by atoms with Crippen LogP contribution in [0.15, 0.2) is 48.2 Å². The predicted octanol–water partition coefficient (Wildman–Crippen LogP) is 2.43. The van der Waals surface area contributed by atoms with Gasteiger partial charge in [-0.1, -0.05) is 24.6 Å². The molecule has 0 spiro atoms. The fraction of sp³-hybridized carbons (Fsp3) is 0.312. The lowest BCUT2D eigenvalue weighted by Gasteiger charge is -2.22. The second-order valence-corrected chi connectivity index (χ2v) is 6.82. The van der Waals surface area contributed by atoms with Gasteiger partial charge in [0.25, 0.3) is 0 Å². The van der Waals surface area contributed by atoms with Crippen molar-refractivity contribution in [1.29, 1.82) is 0 Å². The Morgan fingerprint density at radius 1 is 1.13 bits per heavy atom. The molecule has 23 heavy (non-hydrogen) atoms. The Labute approximate surface area is 134 Å². The lowest BCUT2D eigenvalue weighted by Crippen LogP contribution is -2.25. The normalized spacial score (nSPS) is 17.9. The molecular weight excluding hydrogens is 317 g/mol. The van der Waals surface area contributed by atoms with Crippen molar-refractivity contribution in [2.24, 2.45) is 5.92 Å². The van der Waals surface area contributed by atoms with Crippen molar-refractivity contribution in [2.45, 2.75) is 25.7 Å². The monoisotopic (exact) mass is 337 g/mol. The average molecular weight is 337 g/mol. The van der Waals surface area contributed by atoms with Gasteiger partial charge in [-0.3, -0.25) is 9.88 Å². The highest BCUT2D eigenvalue weighted by molar-refractivity contribution is 7.49. The van der Waals surface area contributed by atoms with E-state index in [1.54, 1.807) is 12.1 Å². The third kappa shape index (κ3) is 5.67. The number of ketones is 1. The lowest BCUT2D eigenvalue weighted by molar-refractivity contribution is -0.117. The number of hydrogen-bond acceptors (Lipinski definition) is 3. The number of nitrogens with one attached hydrogen (secondary N) is 1. The van der Waals surface area contributed by atoms with E-state index in [2.05, 4.69) is 5.09 Å². The predicted molar refractivity (Wildman–Crippen MR) is 86.6 cm³/mol. The van der Waals surface area contributed by atoms with E-state index in [9.17, 15) is 14.5 Å². The van der Waals surface area contributed by atoms with Gasteiger partial charge in [-0.25, -0.2) is 4.57 Å². The minimum atomic E-state index is -4.42. The summed E-state index contributed by atoms with van der Waals surface area (Å²) in [5.74, 6) is -0.452. The van der Waals surface area contributed by atoms with E-state index < -0.39 is 13.7 Å². The molecule has 124 valence electrons. The Morgan fingerprint density at radius 2 is 1.83 bits per heavy atom. The Morgan fingerprint density at radius 3 is 2.48 bits per heavy atom. The van der Waals surface area contributed by atoms with Crippen molar-refractivity contribution in [3.8, 4) is 5.75 Å². The van der Waals surface area contributed by atoms with Gasteiger partial charge in [0.2, 0.25) is 0 Å². The molecule has 0 heterocycles. The van der Waals surface area contributed by atoms with Gasteiger partial charge >= 0.3 is 7.75 Å². The van der Waals surface area contributed by atoms with Crippen molar-refractivity contribution in [3.63, 3.8) is 0 Å². The van der Waals surface area contributed by atoms with Crippen LogP contribution in [-0.2, 0) is 15.8 Å². The molecule has 0 fully saturated rings. The fourth-order valence-corrected chi connectivity index (χ4v) is 3.12. The molecule has 0 radical (unpaired) electrons. The van der Waals surface area contributed by atoms with Crippen LogP contribution in [0.3, 0.4) is 0 Å². The number of rotatable bonds is 7. The zero-order valence-electron chi connectivity index (χ0n) is 12.6. The van der Waals surface area contributed by atoms with E-state index in [4.69, 9.17) is 9.79 Å². The molecule has 0 bridgehead atoms. The summed E-state index contributed by atoms with van der Waals surface area (Å²) in [5, 5.41) is 11.4. The van der Waals surface area contributed by atoms with Gasteiger partial charge < -0.3 is 14.9 Å². The molecule has 0 amide bonds. The van der Waals surface area contributed by atoms with Gasteiger partial charge in [-0.2, -0.15) is 0 Å². The van der Waals surface area contributed by atoms with Crippen LogP contribution < -0.4 is 5.09 Å². The Bertz CT molecular complexity index is 660. The number of aryl methyl sites for hydroxylation is 1. The standard InChI is InChI=1S/C16H20NO5P/c18-13-10-8-12(9-11-13)4-1-2-5-14-15(17-23(20,21)22)6-3-7-16(14)19/h3,6-11,14,18H,1-2,4-5H2,(H3,17,20,21,22). The number of aromatic hydroxyl groups is 1. The highest BCUT2D eigenvalue weighted by Gasteiger charge is 2.26. The van der Waals surface area contributed by atoms with Crippen LogP contribution in [0.1, 0.15) is 24.8 Å². The molecule has 1 aliphatic carbocycles. The van der Waals surface area contributed by atoms with Crippen LogP contribution in [0.2, 0.25) is 0 Å². The van der Waals surface area contributed by atoms with Gasteiger partial charge in [0.05, 0.1) is 5.92 Å². The molecule has 1 aliphatic rings. The van der Waals surface area contributed by atoms with E-state index in [-0.39, 0.29) is 17.2 Å². The second kappa shape index (κ2) is 7.59. The van der Waals surface area contributed by atoms with E-state index in [1.165, 1.54) is 18.2 Å². The number of phenolic OH excluding ortho intramolecular Hbond substituents is 1. The highest BCUT2D eigenvalue weighted by Crippen LogP contribution is 2.34. The molecule has 7 heteroatoms. The summed E-state index contributed by atoms with van der Waals surface area (Å²) in [5.41, 5.74) is 1.37. The quantitative estimate of drug-likeness (QED) is 0.450. The largest absolute Gasteiger partial charge is 0.508 e. The fourth-order valence-electron chi connectivity index (χ4n) is 2.55. The van der Waals surface area contributed by atoms with E-state index in [1.807, 2.05) is 12.1 Å². The van der Waals surface area contributed by atoms with Crippen LogP contribution in [0.5, 0.6) is 5.75 Å². The zero-order chi connectivity index (χ0) is 16.9. The smallest absolute Gasteiger partial charge is 0.427 e. The summed E-state index contributed by atoms with van der Waals surface area (Å²) in [6.07, 6.45) is 7.41. The number of phenols is 1. The number of benzene rings is 1. The average Bonchev–Trinajstić information content (AvgIpc) is 2.46. The maximum atomic E-state index is 11.9. The summed E-state index contributed by atoms with van der Waals surface area (Å²) in [6.45, 7) is 0. The minimum Gasteiger partial charge on any atom is -0.508 e. The first-order chi connectivity index (χ1) is 10.8. The Hall–Kier alpha value is -1.88. The summed E-state index contributed by atoms with van der Waals surface area (Å²) in [4.78, 5) is 30.0. The summed E-state index contributed by atoms with van der Waals surface area (Å²) in [7, 11) is -4.42. The number of allylic oxidation sites excluding steroid dienone is 4. The van der Waals surface area contributed by atoms with E-state index >= 15 is 0 Å². The van der Waals surface area contributed by atoms with Gasteiger partial charge in [0, 0.05) is 5.70 Å². The topological polar surface area (TPSA) is 107 Å². The maximum Gasteiger partial charge on any atom is 0.427 e.